The van der Waals surface area contributed by atoms with Crippen molar-refractivity contribution in [2.24, 2.45) is 17.8 Å². The topological polar surface area (TPSA) is 119 Å². The van der Waals surface area contributed by atoms with E-state index in [1.165, 1.54) is 17.0 Å². The van der Waals surface area contributed by atoms with Crippen molar-refractivity contribution in [3.8, 4) is 0 Å². The molecule has 2 fully saturated rings. The molecule has 3 amide bonds. The number of fused-ring (bicyclic) bond motifs is 1. The SMILES string of the molecule is CCCCOC(=O)c1ccc(NC(=O)COC(=O)c2cccc(N3C(=O)[C@H]4C[C@@H](C)CC[C@H]4C3=O)c2)cc1. The number of carbonyl (C=O) groups is 5. The number of amides is 3. The number of rotatable bonds is 9. The Bertz CT molecular complexity index is 1220. The van der Waals surface area contributed by atoms with Gasteiger partial charge in [0.05, 0.1) is 35.3 Å². The Labute approximate surface area is 221 Å². The van der Waals surface area contributed by atoms with Crippen molar-refractivity contribution >= 4 is 41.0 Å². The molecule has 3 atom stereocenters. The maximum atomic E-state index is 13.0. The molecule has 1 aliphatic heterocycles. The zero-order valence-electron chi connectivity index (χ0n) is 21.6. The van der Waals surface area contributed by atoms with Crippen LogP contribution in [0.4, 0.5) is 11.4 Å². The van der Waals surface area contributed by atoms with Gasteiger partial charge in [-0.15, -0.1) is 0 Å². The molecule has 2 aromatic carbocycles. The molecule has 38 heavy (non-hydrogen) atoms. The molecule has 9 nitrogen and oxygen atoms in total. The molecule has 1 N–H and O–H groups in total. The van der Waals surface area contributed by atoms with Gasteiger partial charge in [-0.25, -0.2) is 9.59 Å². The summed E-state index contributed by atoms with van der Waals surface area (Å²) in [6, 6.07) is 12.3. The maximum Gasteiger partial charge on any atom is 0.338 e. The van der Waals surface area contributed by atoms with E-state index in [1.54, 1.807) is 36.4 Å². The summed E-state index contributed by atoms with van der Waals surface area (Å²) in [4.78, 5) is 64.0. The van der Waals surface area contributed by atoms with E-state index >= 15 is 0 Å². The van der Waals surface area contributed by atoms with Gasteiger partial charge in [0.1, 0.15) is 0 Å². The molecule has 200 valence electrons. The molecule has 1 saturated heterocycles. The smallest absolute Gasteiger partial charge is 0.338 e. The number of benzene rings is 2. The zero-order chi connectivity index (χ0) is 27.2. The van der Waals surface area contributed by atoms with Crippen LogP contribution in [0.5, 0.6) is 0 Å². The third kappa shape index (κ3) is 6.10. The minimum absolute atomic E-state index is 0.130. The van der Waals surface area contributed by atoms with Crippen molar-refractivity contribution in [3.63, 3.8) is 0 Å². The molecule has 2 aliphatic rings. The highest BCUT2D eigenvalue weighted by atomic mass is 16.5. The summed E-state index contributed by atoms with van der Waals surface area (Å²) < 4.78 is 10.3. The highest BCUT2D eigenvalue weighted by Gasteiger charge is 2.50. The third-order valence-electron chi connectivity index (χ3n) is 7.00. The summed E-state index contributed by atoms with van der Waals surface area (Å²) in [7, 11) is 0. The van der Waals surface area contributed by atoms with Crippen LogP contribution in [0.3, 0.4) is 0 Å². The normalized spacial score (nSPS) is 20.6. The van der Waals surface area contributed by atoms with Crippen LogP contribution in [-0.4, -0.2) is 42.9 Å². The Hall–Kier alpha value is -4.01. The summed E-state index contributed by atoms with van der Waals surface area (Å²) in [5, 5.41) is 2.60. The molecule has 4 rings (SSSR count). The minimum atomic E-state index is -0.752. The highest BCUT2D eigenvalue weighted by Crippen LogP contribution is 2.42. The number of nitrogens with one attached hydrogen (secondary N) is 1. The van der Waals surface area contributed by atoms with Gasteiger partial charge in [-0.3, -0.25) is 19.3 Å². The van der Waals surface area contributed by atoms with Crippen LogP contribution in [0.25, 0.3) is 0 Å². The van der Waals surface area contributed by atoms with Gasteiger partial charge in [0.25, 0.3) is 5.91 Å². The van der Waals surface area contributed by atoms with E-state index < -0.39 is 24.5 Å². The number of esters is 2. The molecule has 1 heterocycles. The summed E-state index contributed by atoms with van der Waals surface area (Å²) >= 11 is 0. The van der Waals surface area contributed by atoms with Gasteiger partial charge in [-0.2, -0.15) is 0 Å². The lowest BCUT2D eigenvalue weighted by atomic mass is 9.76. The Morgan fingerprint density at radius 3 is 2.37 bits per heavy atom. The number of nitrogens with zero attached hydrogens (tertiary/aromatic N) is 1. The number of ether oxygens (including phenoxy) is 2. The third-order valence-corrected chi connectivity index (χ3v) is 7.00. The van der Waals surface area contributed by atoms with E-state index in [0.29, 0.717) is 42.3 Å². The fourth-order valence-corrected chi connectivity index (χ4v) is 4.91. The first-order valence-electron chi connectivity index (χ1n) is 13.0. The zero-order valence-corrected chi connectivity index (χ0v) is 21.6. The van der Waals surface area contributed by atoms with Gasteiger partial charge in [0, 0.05) is 5.69 Å². The van der Waals surface area contributed by atoms with E-state index in [-0.39, 0.29) is 29.2 Å². The summed E-state index contributed by atoms with van der Waals surface area (Å²) in [5.74, 6) is -2.42. The second-order valence-electron chi connectivity index (χ2n) is 9.88. The van der Waals surface area contributed by atoms with E-state index in [0.717, 1.165) is 19.3 Å². The van der Waals surface area contributed by atoms with Gasteiger partial charge >= 0.3 is 11.9 Å². The van der Waals surface area contributed by atoms with Crippen molar-refractivity contribution in [3.05, 3.63) is 59.7 Å². The summed E-state index contributed by atoms with van der Waals surface area (Å²) in [5.41, 5.74) is 1.26. The Balaban J connectivity index is 1.31. The van der Waals surface area contributed by atoms with Crippen molar-refractivity contribution in [1.29, 1.82) is 0 Å². The van der Waals surface area contributed by atoms with Crippen molar-refractivity contribution in [2.45, 2.75) is 46.0 Å². The van der Waals surface area contributed by atoms with Crippen LogP contribution < -0.4 is 10.2 Å². The van der Waals surface area contributed by atoms with Gasteiger partial charge in [0.2, 0.25) is 11.8 Å². The molecule has 0 spiro atoms. The molecular weight excluding hydrogens is 488 g/mol. The van der Waals surface area contributed by atoms with E-state index in [9.17, 15) is 24.0 Å². The van der Waals surface area contributed by atoms with Crippen molar-refractivity contribution in [1.82, 2.24) is 0 Å². The van der Waals surface area contributed by atoms with Crippen LogP contribution in [0.15, 0.2) is 48.5 Å². The van der Waals surface area contributed by atoms with Crippen LogP contribution in [-0.2, 0) is 23.9 Å². The monoisotopic (exact) mass is 520 g/mol. The van der Waals surface area contributed by atoms with Crippen molar-refractivity contribution in [2.75, 3.05) is 23.4 Å². The lowest BCUT2D eigenvalue weighted by molar-refractivity contribution is -0.122. The summed E-state index contributed by atoms with van der Waals surface area (Å²) in [6.45, 7) is 3.91. The number of anilines is 2. The van der Waals surface area contributed by atoms with Gasteiger partial charge in [-0.1, -0.05) is 26.3 Å². The fraction of sp³-hybridized carbons (Fsp3) is 0.414. The van der Waals surface area contributed by atoms with Gasteiger partial charge < -0.3 is 14.8 Å². The molecule has 9 heteroatoms. The predicted molar refractivity (Wildman–Crippen MR) is 139 cm³/mol. The lowest BCUT2D eigenvalue weighted by Crippen LogP contribution is -2.31. The quantitative estimate of drug-likeness (QED) is 0.296. The molecule has 0 bridgehead atoms. The van der Waals surface area contributed by atoms with E-state index in [1.807, 2.05) is 6.92 Å². The standard InChI is InChI=1S/C29H32N2O7/c1-3-4-14-37-28(35)19-9-11-21(12-10-19)30-25(32)17-38-29(36)20-6-5-7-22(16-20)31-26(33)23-13-8-18(2)15-24(23)27(31)34/h5-7,9-12,16,18,23-24H,3-4,8,13-15,17H2,1-2H3,(H,30,32)/t18-,23+,24-/m0/s1. The largest absolute Gasteiger partial charge is 0.462 e. The number of imide groups is 1. The molecule has 0 unspecified atom stereocenters. The first kappa shape index (κ1) is 27.0. The second-order valence-corrected chi connectivity index (χ2v) is 9.88. The van der Waals surface area contributed by atoms with Crippen molar-refractivity contribution < 1.29 is 33.4 Å². The fourth-order valence-electron chi connectivity index (χ4n) is 4.91. The van der Waals surface area contributed by atoms with Crippen LogP contribution in [0.2, 0.25) is 0 Å². The maximum absolute atomic E-state index is 13.0. The highest BCUT2D eigenvalue weighted by molar-refractivity contribution is 6.22. The Kier molecular flexibility index (Phi) is 8.55. The summed E-state index contributed by atoms with van der Waals surface area (Å²) in [6.07, 6.45) is 4.01. The van der Waals surface area contributed by atoms with E-state index in [4.69, 9.17) is 9.47 Å². The van der Waals surface area contributed by atoms with Crippen LogP contribution >= 0.6 is 0 Å². The molecule has 1 saturated carbocycles. The van der Waals surface area contributed by atoms with Gasteiger partial charge in [0.15, 0.2) is 6.61 Å². The van der Waals surface area contributed by atoms with E-state index in [2.05, 4.69) is 12.2 Å². The number of hydrogen-bond acceptors (Lipinski definition) is 7. The Morgan fingerprint density at radius 1 is 0.921 bits per heavy atom. The molecule has 0 radical (unpaired) electrons. The number of unbranched alkanes of at least 4 members (excludes halogenated alkanes) is 1. The van der Waals surface area contributed by atoms with Crippen LogP contribution in [0.1, 0.15) is 66.7 Å². The minimum Gasteiger partial charge on any atom is -0.462 e. The first-order valence-corrected chi connectivity index (χ1v) is 13.0. The van der Waals surface area contributed by atoms with Crippen LogP contribution in [0, 0.1) is 17.8 Å². The lowest BCUT2D eigenvalue weighted by Gasteiger charge is -2.25. The molecule has 1 aliphatic carbocycles. The average molecular weight is 521 g/mol. The predicted octanol–water partition coefficient (Wildman–Crippen LogP) is 4.36. The second kappa shape index (κ2) is 12.0. The molecule has 2 aromatic rings. The average Bonchev–Trinajstić information content (AvgIpc) is 3.16. The Morgan fingerprint density at radius 2 is 1.63 bits per heavy atom. The van der Waals surface area contributed by atoms with Gasteiger partial charge in [-0.05, 0) is 74.1 Å². The number of hydrogen-bond donors (Lipinski definition) is 1. The first-order chi connectivity index (χ1) is 18.3. The molecule has 0 aromatic heterocycles. The molecular formula is C29H32N2O7. The number of carbonyl (C=O) groups excluding carboxylic acids is 5.